The standard InChI is InChI=1S/C11H18ClNO3/c12-6-10-7-13(3-5-16-10)11(14)9-2-1-4-15-8-9/h9-10H,1-8H2. The van der Waals surface area contributed by atoms with Crippen molar-refractivity contribution in [2.24, 2.45) is 5.92 Å². The first kappa shape index (κ1) is 12.1. The average molecular weight is 248 g/mol. The molecule has 2 fully saturated rings. The van der Waals surface area contributed by atoms with Crippen molar-refractivity contribution in [2.75, 3.05) is 38.8 Å². The highest BCUT2D eigenvalue weighted by Crippen LogP contribution is 2.18. The second kappa shape index (κ2) is 5.84. The Hall–Kier alpha value is -0.320. The number of amides is 1. The molecule has 2 aliphatic heterocycles. The van der Waals surface area contributed by atoms with E-state index in [0.717, 1.165) is 19.4 Å². The molecule has 4 nitrogen and oxygen atoms in total. The Kier molecular flexibility index (Phi) is 4.44. The second-order valence-electron chi connectivity index (χ2n) is 4.35. The molecule has 16 heavy (non-hydrogen) atoms. The first-order valence-electron chi connectivity index (χ1n) is 5.85. The molecule has 2 unspecified atom stereocenters. The number of hydrogen-bond donors (Lipinski definition) is 0. The third kappa shape index (κ3) is 2.87. The third-order valence-electron chi connectivity index (χ3n) is 3.13. The zero-order valence-corrected chi connectivity index (χ0v) is 10.1. The highest BCUT2D eigenvalue weighted by Gasteiger charge is 2.30. The summed E-state index contributed by atoms with van der Waals surface area (Å²) in [5, 5.41) is 0. The molecule has 2 atom stereocenters. The highest BCUT2D eigenvalue weighted by atomic mass is 35.5. The van der Waals surface area contributed by atoms with Gasteiger partial charge in [0.05, 0.1) is 31.1 Å². The SMILES string of the molecule is O=C(C1CCCOC1)N1CCOC(CCl)C1. The lowest BCUT2D eigenvalue weighted by atomic mass is 10.0. The summed E-state index contributed by atoms with van der Waals surface area (Å²) in [6.45, 7) is 3.26. The van der Waals surface area contributed by atoms with E-state index >= 15 is 0 Å². The van der Waals surface area contributed by atoms with Crippen LogP contribution in [0.5, 0.6) is 0 Å². The van der Waals surface area contributed by atoms with Crippen LogP contribution < -0.4 is 0 Å². The number of rotatable bonds is 2. The molecule has 0 spiro atoms. The fourth-order valence-electron chi connectivity index (χ4n) is 2.21. The zero-order chi connectivity index (χ0) is 11.4. The molecule has 0 aromatic heterocycles. The van der Waals surface area contributed by atoms with Crippen molar-refractivity contribution < 1.29 is 14.3 Å². The van der Waals surface area contributed by atoms with Crippen LogP contribution in [0, 0.1) is 5.92 Å². The van der Waals surface area contributed by atoms with Gasteiger partial charge in [0, 0.05) is 19.7 Å². The van der Waals surface area contributed by atoms with Crippen LogP contribution in [0.15, 0.2) is 0 Å². The molecule has 1 amide bonds. The van der Waals surface area contributed by atoms with Crippen LogP contribution in [-0.4, -0.2) is 55.7 Å². The molecule has 2 aliphatic rings. The summed E-state index contributed by atoms with van der Waals surface area (Å²) in [5.41, 5.74) is 0. The molecular formula is C11H18ClNO3. The van der Waals surface area contributed by atoms with E-state index in [1.54, 1.807) is 0 Å². The smallest absolute Gasteiger partial charge is 0.228 e. The van der Waals surface area contributed by atoms with E-state index < -0.39 is 0 Å². The molecule has 2 saturated heterocycles. The van der Waals surface area contributed by atoms with Crippen LogP contribution in [0.2, 0.25) is 0 Å². The van der Waals surface area contributed by atoms with Crippen molar-refractivity contribution in [2.45, 2.75) is 18.9 Å². The monoisotopic (exact) mass is 247 g/mol. The Labute approximate surface area is 101 Å². The van der Waals surface area contributed by atoms with E-state index in [0.29, 0.717) is 32.2 Å². The molecule has 0 N–H and O–H groups in total. The Morgan fingerprint density at radius 2 is 2.31 bits per heavy atom. The number of morpholine rings is 1. The Bertz CT molecular complexity index is 243. The van der Waals surface area contributed by atoms with Crippen molar-refractivity contribution in [1.29, 1.82) is 0 Å². The molecule has 2 rings (SSSR count). The third-order valence-corrected chi connectivity index (χ3v) is 3.48. The molecule has 0 aromatic rings. The summed E-state index contributed by atoms with van der Waals surface area (Å²) in [7, 11) is 0. The maximum atomic E-state index is 12.2. The minimum Gasteiger partial charge on any atom is -0.381 e. The number of ether oxygens (including phenoxy) is 2. The largest absolute Gasteiger partial charge is 0.381 e. The maximum absolute atomic E-state index is 12.2. The van der Waals surface area contributed by atoms with Crippen LogP contribution in [-0.2, 0) is 14.3 Å². The summed E-state index contributed by atoms with van der Waals surface area (Å²) in [6, 6.07) is 0. The fourth-order valence-corrected chi connectivity index (χ4v) is 2.39. The van der Waals surface area contributed by atoms with Crippen molar-refractivity contribution in [1.82, 2.24) is 4.90 Å². The van der Waals surface area contributed by atoms with E-state index in [-0.39, 0.29) is 17.9 Å². The van der Waals surface area contributed by atoms with Gasteiger partial charge in [0.25, 0.3) is 0 Å². The normalized spacial score (nSPS) is 31.4. The molecule has 0 radical (unpaired) electrons. The first-order valence-corrected chi connectivity index (χ1v) is 6.39. The molecule has 92 valence electrons. The van der Waals surface area contributed by atoms with Gasteiger partial charge in [-0.05, 0) is 12.8 Å². The lowest BCUT2D eigenvalue weighted by Crippen LogP contribution is -2.49. The lowest BCUT2D eigenvalue weighted by Gasteiger charge is -2.35. The van der Waals surface area contributed by atoms with Gasteiger partial charge in [-0.15, -0.1) is 11.6 Å². The first-order chi connectivity index (χ1) is 7.81. The van der Waals surface area contributed by atoms with Gasteiger partial charge in [0.2, 0.25) is 5.91 Å². The van der Waals surface area contributed by atoms with Crippen molar-refractivity contribution in [3.05, 3.63) is 0 Å². The lowest BCUT2D eigenvalue weighted by molar-refractivity contribution is -0.146. The van der Waals surface area contributed by atoms with E-state index in [1.165, 1.54) is 0 Å². The van der Waals surface area contributed by atoms with Crippen molar-refractivity contribution in [3.63, 3.8) is 0 Å². The summed E-state index contributed by atoms with van der Waals surface area (Å²) < 4.78 is 10.8. The maximum Gasteiger partial charge on any atom is 0.228 e. The molecule has 0 aliphatic carbocycles. The van der Waals surface area contributed by atoms with Crippen LogP contribution in [0.25, 0.3) is 0 Å². The van der Waals surface area contributed by atoms with Crippen molar-refractivity contribution in [3.8, 4) is 0 Å². The van der Waals surface area contributed by atoms with Gasteiger partial charge in [0.1, 0.15) is 0 Å². The minimum absolute atomic E-state index is 0.0103. The summed E-state index contributed by atoms with van der Waals surface area (Å²) in [5.74, 6) is 0.700. The van der Waals surface area contributed by atoms with Gasteiger partial charge in [-0.25, -0.2) is 0 Å². The van der Waals surface area contributed by atoms with Crippen LogP contribution >= 0.6 is 11.6 Å². The Morgan fingerprint density at radius 1 is 1.44 bits per heavy atom. The van der Waals surface area contributed by atoms with Crippen molar-refractivity contribution >= 4 is 17.5 Å². The number of carbonyl (C=O) groups excluding carboxylic acids is 1. The van der Waals surface area contributed by atoms with E-state index in [4.69, 9.17) is 21.1 Å². The van der Waals surface area contributed by atoms with Gasteiger partial charge in [-0.1, -0.05) is 0 Å². The number of halogens is 1. The second-order valence-corrected chi connectivity index (χ2v) is 4.65. The van der Waals surface area contributed by atoms with Gasteiger partial charge < -0.3 is 14.4 Å². The van der Waals surface area contributed by atoms with E-state index in [2.05, 4.69) is 0 Å². The molecule has 2 heterocycles. The molecular weight excluding hydrogens is 230 g/mol. The van der Waals surface area contributed by atoms with Gasteiger partial charge >= 0.3 is 0 Å². The van der Waals surface area contributed by atoms with Crippen LogP contribution in [0.3, 0.4) is 0 Å². The predicted molar refractivity (Wildman–Crippen MR) is 60.6 cm³/mol. The number of hydrogen-bond acceptors (Lipinski definition) is 3. The summed E-state index contributed by atoms with van der Waals surface area (Å²) >= 11 is 5.75. The number of carbonyl (C=O) groups is 1. The quantitative estimate of drug-likeness (QED) is 0.680. The summed E-state index contributed by atoms with van der Waals surface area (Å²) in [4.78, 5) is 14.0. The average Bonchev–Trinajstić information content (AvgIpc) is 2.39. The van der Waals surface area contributed by atoms with Gasteiger partial charge in [-0.2, -0.15) is 0 Å². The predicted octanol–water partition coefficient (Wildman–Crippen LogP) is 0.879. The van der Waals surface area contributed by atoms with Crippen LogP contribution in [0.1, 0.15) is 12.8 Å². The molecule has 0 bridgehead atoms. The molecule has 0 aromatic carbocycles. The number of alkyl halides is 1. The molecule has 5 heteroatoms. The summed E-state index contributed by atoms with van der Waals surface area (Å²) in [6.07, 6.45) is 1.92. The van der Waals surface area contributed by atoms with E-state index in [9.17, 15) is 4.79 Å². The number of nitrogens with zero attached hydrogens (tertiary/aromatic N) is 1. The fraction of sp³-hybridized carbons (Fsp3) is 0.909. The Morgan fingerprint density at radius 3 is 3.00 bits per heavy atom. The van der Waals surface area contributed by atoms with Gasteiger partial charge in [0.15, 0.2) is 0 Å². The molecule has 0 saturated carbocycles. The topological polar surface area (TPSA) is 38.8 Å². The van der Waals surface area contributed by atoms with Gasteiger partial charge in [-0.3, -0.25) is 4.79 Å². The van der Waals surface area contributed by atoms with Crippen LogP contribution in [0.4, 0.5) is 0 Å². The van der Waals surface area contributed by atoms with E-state index in [1.807, 2.05) is 4.90 Å². The zero-order valence-electron chi connectivity index (χ0n) is 9.36. The minimum atomic E-state index is -0.0103. The Balaban J connectivity index is 1.87. The highest BCUT2D eigenvalue weighted by molar-refractivity contribution is 6.18.